The molecule has 2 N–H and O–H groups in total. The van der Waals surface area contributed by atoms with Crippen LogP contribution in [0.4, 0.5) is 17.3 Å². The summed E-state index contributed by atoms with van der Waals surface area (Å²) in [5.41, 5.74) is 3.24. The lowest BCUT2D eigenvalue weighted by Crippen LogP contribution is -2.07. The van der Waals surface area contributed by atoms with Crippen molar-refractivity contribution in [3.8, 4) is 11.4 Å². The van der Waals surface area contributed by atoms with Gasteiger partial charge in [0.15, 0.2) is 0 Å². The number of hydrogen-bond donors (Lipinski definition) is 2. The highest BCUT2D eigenvalue weighted by Crippen LogP contribution is 2.32. The molecule has 0 atom stereocenters. The summed E-state index contributed by atoms with van der Waals surface area (Å²) in [5, 5.41) is 6.88. The van der Waals surface area contributed by atoms with Gasteiger partial charge in [-0.2, -0.15) is 0 Å². The minimum Gasteiger partial charge on any atom is -0.338 e. The lowest BCUT2D eigenvalue weighted by atomic mass is 10.2. The van der Waals surface area contributed by atoms with Crippen molar-refractivity contribution in [1.29, 1.82) is 0 Å². The molecule has 0 saturated carbocycles. The minimum absolute atomic E-state index is 0.177. The SMILES string of the molecule is CCCn1c(-c2cnc(Nc3ccc(NC(C)=O)nc3)c(Cl)c2)nc2cccc(Cl)c21. The van der Waals surface area contributed by atoms with E-state index in [0.29, 0.717) is 27.4 Å². The number of pyridine rings is 2. The van der Waals surface area contributed by atoms with Crippen molar-refractivity contribution >= 4 is 57.5 Å². The van der Waals surface area contributed by atoms with Gasteiger partial charge in [-0.25, -0.2) is 15.0 Å². The van der Waals surface area contributed by atoms with E-state index in [1.807, 2.05) is 24.3 Å². The highest BCUT2D eigenvalue weighted by Gasteiger charge is 2.16. The first-order chi connectivity index (χ1) is 15.0. The van der Waals surface area contributed by atoms with Gasteiger partial charge in [0.2, 0.25) is 5.91 Å². The summed E-state index contributed by atoms with van der Waals surface area (Å²) in [6.07, 6.45) is 4.26. The van der Waals surface area contributed by atoms with Crippen molar-refractivity contribution in [1.82, 2.24) is 19.5 Å². The fourth-order valence-corrected chi connectivity index (χ4v) is 3.80. The molecule has 0 spiro atoms. The van der Waals surface area contributed by atoms with Gasteiger partial charge in [-0.15, -0.1) is 0 Å². The molecule has 158 valence electrons. The molecular formula is C22H20Cl2N6O. The van der Waals surface area contributed by atoms with E-state index in [-0.39, 0.29) is 5.91 Å². The van der Waals surface area contributed by atoms with Crippen LogP contribution < -0.4 is 10.6 Å². The van der Waals surface area contributed by atoms with Crippen molar-refractivity contribution in [3.05, 3.63) is 58.8 Å². The van der Waals surface area contributed by atoms with E-state index in [0.717, 1.165) is 35.4 Å². The van der Waals surface area contributed by atoms with Gasteiger partial charge in [0, 0.05) is 25.2 Å². The number of aryl methyl sites for hydroxylation is 1. The largest absolute Gasteiger partial charge is 0.338 e. The highest BCUT2D eigenvalue weighted by molar-refractivity contribution is 6.35. The second-order valence-electron chi connectivity index (χ2n) is 6.99. The first-order valence-electron chi connectivity index (χ1n) is 9.77. The van der Waals surface area contributed by atoms with Crippen molar-refractivity contribution in [2.45, 2.75) is 26.8 Å². The Balaban J connectivity index is 1.64. The molecule has 1 aromatic carbocycles. The van der Waals surface area contributed by atoms with Crippen LogP contribution in [-0.4, -0.2) is 25.4 Å². The van der Waals surface area contributed by atoms with E-state index in [1.54, 1.807) is 24.5 Å². The summed E-state index contributed by atoms with van der Waals surface area (Å²) < 4.78 is 2.10. The van der Waals surface area contributed by atoms with Crippen LogP contribution in [0.5, 0.6) is 0 Å². The molecule has 0 aliphatic heterocycles. The van der Waals surface area contributed by atoms with Crippen molar-refractivity contribution < 1.29 is 4.79 Å². The zero-order valence-corrected chi connectivity index (χ0v) is 18.5. The third-order valence-electron chi connectivity index (χ3n) is 4.59. The molecule has 0 aliphatic rings. The Morgan fingerprint density at radius 2 is 1.94 bits per heavy atom. The summed E-state index contributed by atoms with van der Waals surface area (Å²) in [6, 6.07) is 11.0. The number of rotatable bonds is 6. The second kappa shape index (κ2) is 8.91. The van der Waals surface area contributed by atoms with Gasteiger partial charge in [-0.05, 0) is 36.8 Å². The Morgan fingerprint density at radius 1 is 1.10 bits per heavy atom. The molecule has 0 saturated heterocycles. The second-order valence-corrected chi connectivity index (χ2v) is 7.80. The number of anilines is 3. The number of aromatic nitrogens is 4. The van der Waals surface area contributed by atoms with Crippen LogP contribution in [0.25, 0.3) is 22.4 Å². The Hall–Kier alpha value is -3.16. The van der Waals surface area contributed by atoms with Crippen LogP contribution >= 0.6 is 23.2 Å². The van der Waals surface area contributed by atoms with Crippen LogP contribution in [0, 0.1) is 0 Å². The molecule has 31 heavy (non-hydrogen) atoms. The third kappa shape index (κ3) is 4.47. The van der Waals surface area contributed by atoms with Gasteiger partial charge in [0.1, 0.15) is 17.5 Å². The molecule has 7 nitrogen and oxygen atoms in total. The maximum atomic E-state index is 11.1. The highest BCUT2D eigenvalue weighted by atomic mass is 35.5. The molecule has 0 unspecified atom stereocenters. The summed E-state index contributed by atoms with van der Waals surface area (Å²) in [4.78, 5) is 24.6. The minimum atomic E-state index is -0.177. The summed E-state index contributed by atoms with van der Waals surface area (Å²) >= 11 is 13.0. The fraction of sp³-hybridized carbons (Fsp3) is 0.182. The molecule has 3 heterocycles. The van der Waals surface area contributed by atoms with E-state index in [4.69, 9.17) is 28.2 Å². The van der Waals surface area contributed by atoms with Crippen LogP contribution in [0.3, 0.4) is 0 Å². The van der Waals surface area contributed by atoms with E-state index in [2.05, 4.69) is 32.1 Å². The molecule has 0 fully saturated rings. The summed E-state index contributed by atoms with van der Waals surface area (Å²) in [6.45, 7) is 4.32. The van der Waals surface area contributed by atoms with E-state index in [1.165, 1.54) is 6.92 Å². The quantitative estimate of drug-likeness (QED) is 0.378. The van der Waals surface area contributed by atoms with Gasteiger partial charge >= 0.3 is 0 Å². The molecule has 3 aromatic heterocycles. The monoisotopic (exact) mass is 454 g/mol. The normalized spacial score (nSPS) is 11.0. The van der Waals surface area contributed by atoms with Crippen molar-refractivity contribution in [2.24, 2.45) is 0 Å². The zero-order valence-electron chi connectivity index (χ0n) is 17.0. The van der Waals surface area contributed by atoms with Crippen LogP contribution in [0.2, 0.25) is 10.0 Å². The van der Waals surface area contributed by atoms with E-state index < -0.39 is 0 Å². The fourth-order valence-electron chi connectivity index (χ4n) is 3.31. The lowest BCUT2D eigenvalue weighted by molar-refractivity contribution is -0.114. The maximum absolute atomic E-state index is 11.1. The molecule has 4 aromatic rings. The number of benzene rings is 1. The Kier molecular flexibility index (Phi) is 6.06. The maximum Gasteiger partial charge on any atom is 0.222 e. The van der Waals surface area contributed by atoms with Crippen LogP contribution in [0.1, 0.15) is 20.3 Å². The molecule has 0 bridgehead atoms. The average Bonchev–Trinajstić information content (AvgIpc) is 3.10. The van der Waals surface area contributed by atoms with Gasteiger partial charge in [-0.3, -0.25) is 4.79 Å². The van der Waals surface area contributed by atoms with E-state index in [9.17, 15) is 4.79 Å². The number of fused-ring (bicyclic) bond motifs is 1. The van der Waals surface area contributed by atoms with E-state index >= 15 is 0 Å². The lowest BCUT2D eigenvalue weighted by Gasteiger charge is -2.11. The number of hydrogen-bond acceptors (Lipinski definition) is 5. The first-order valence-corrected chi connectivity index (χ1v) is 10.5. The summed E-state index contributed by atoms with van der Waals surface area (Å²) in [7, 11) is 0. The standard InChI is InChI=1S/C22H20Cl2N6O/c1-3-9-30-20-16(23)5-4-6-18(20)29-22(30)14-10-17(24)21(26-11-14)28-15-7-8-19(25-12-15)27-13(2)31/h4-8,10-12H,3,9H2,1-2H3,(H,26,28)(H,25,27,31). The van der Waals surface area contributed by atoms with Gasteiger partial charge in [0.05, 0.1) is 33.0 Å². The molecule has 1 amide bonds. The Labute approximate surface area is 189 Å². The number of para-hydroxylation sites is 1. The predicted octanol–water partition coefficient (Wildman–Crippen LogP) is 5.91. The summed E-state index contributed by atoms with van der Waals surface area (Å²) in [5.74, 6) is 1.56. The average molecular weight is 455 g/mol. The molecule has 0 aliphatic carbocycles. The van der Waals surface area contributed by atoms with Crippen LogP contribution in [-0.2, 0) is 11.3 Å². The zero-order chi connectivity index (χ0) is 22.0. The van der Waals surface area contributed by atoms with Crippen molar-refractivity contribution in [2.75, 3.05) is 10.6 Å². The number of amides is 1. The number of nitrogens with zero attached hydrogens (tertiary/aromatic N) is 4. The molecule has 9 heteroatoms. The van der Waals surface area contributed by atoms with Gasteiger partial charge in [-0.1, -0.05) is 36.2 Å². The number of halogens is 2. The number of carbonyl (C=O) groups is 1. The Bertz CT molecular complexity index is 1250. The topological polar surface area (TPSA) is 84.7 Å². The van der Waals surface area contributed by atoms with Crippen molar-refractivity contribution in [3.63, 3.8) is 0 Å². The number of nitrogens with one attached hydrogen (secondary N) is 2. The molecular weight excluding hydrogens is 435 g/mol. The predicted molar refractivity (Wildman–Crippen MR) is 125 cm³/mol. The van der Waals surface area contributed by atoms with Crippen LogP contribution in [0.15, 0.2) is 48.8 Å². The third-order valence-corrected chi connectivity index (χ3v) is 5.19. The number of carbonyl (C=O) groups excluding carboxylic acids is 1. The van der Waals surface area contributed by atoms with Gasteiger partial charge < -0.3 is 15.2 Å². The first kappa shape index (κ1) is 21.1. The Morgan fingerprint density at radius 3 is 2.61 bits per heavy atom. The number of imidazole rings is 1. The smallest absolute Gasteiger partial charge is 0.222 e. The van der Waals surface area contributed by atoms with Gasteiger partial charge in [0.25, 0.3) is 0 Å². The molecule has 4 rings (SSSR count). The molecule has 0 radical (unpaired) electrons.